The van der Waals surface area contributed by atoms with Crippen molar-refractivity contribution in [2.45, 2.75) is 348 Å². The lowest BCUT2D eigenvalue weighted by Crippen LogP contribution is -2.30. The van der Waals surface area contributed by atoms with Crippen molar-refractivity contribution in [2.24, 2.45) is 0 Å². The summed E-state index contributed by atoms with van der Waals surface area (Å²) in [5.41, 5.74) is 0. The average molecular weight is 1150 g/mol. The Kier molecular flexibility index (Phi) is 67.2. The van der Waals surface area contributed by atoms with Crippen LogP contribution < -0.4 is 0 Å². The Morgan fingerprint density at radius 3 is 0.759 bits per heavy atom. The smallest absolute Gasteiger partial charge is 0.306 e. The van der Waals surface area contributed by atoms with Crippen molar-refractivity contribution in [3.63, 3.8) is 0 Å². The van der Waals surface area contributed by atoms with E-state index in [2.05, 4.69) is 130 Å². The summed E-state index contributed by atoms with van der Waals surface area (Å²) in [5, 5.41) is 0. The van der Waals surface area contributed by atoms with Crippen molar-refractivity contribution in [2.75, 3.05) is 13.2 Å². The minimum Gasteiger partial charge on any atom is -0.462 e. The van der Waals surface area contributed by atoms with Crippen LogP contribution in [0.25, 0.3) is 0 Å². The minimum absolute atomic E-state index is 0.0855. The number of carbonyl (C=O) groups excluding carboxylic acids is 3. The number of rotatable bonds is 64. The minimum atomic E-state index is -0.792. The van der Waals surface area contributed by atoms with E-state index in [1.54, 1.807) is 0 Å². The van der Waals surface area contributed by atoms with Crippen LogP contribution in [0.15, 0.2) is 109 Å². The SMILES string of the molecule is CC/C=C\C/C=C\C/C=C\C/C=C\C/C=C\CCCCCCCCCCCCCCCCCCCC(=O)OCC(COC(=O)CCCCC/C=C\C/C=C\C/C=C\CC)OC(=O)CCCCCCCCCCC/C=C\CCCCCCCC. The van der Waals surface area contributed by atoms with Gasteiger partial charge in [-0.15, -0.1) is 0 Å². The molecule has 0 amide bonds. The zero-order valence-corrected chi connectivity index (χ0v) is 54.7. The van der Waals surface area contributed by atoms with Gasteiger partial charge in [0.25, 0.3) is 0 Å². The van der Waals surface area contributed by atoms with Crippen LogP contribution in [-0.2, 0) is 28.6 Å². The Labute approximate surface area is 514 Å². The second kappa shape index (κ2) is 70.6. The van der Waals surface area contributed by atoms with Gasteiger partial charge in [0.1, 0.15) is 13.2 Å². The third kappa shape index (κ3) is 68.7. The summed E-state index contributed by atoms with van der Waals surface area (Å²) in [6.45, 7) is 6.42. The lowest BCUT2D eigenvalue weighted by atomic mass is 10.0. The van der Waals surface area contributed by atoms with Gasteiger partial charge in [-0.2, -0.15) is 0 Å². The first-order valence-electron chi connectivity index (χ1n) is 35.4. The summed E-state index contributed by atoms with van der Waals surface area (Å²) in [5.74, 6) is -0.904. The number of carbonyl (C=O) groups is 3. The fraction of sp³-hybridized carbons (Fsp3) is 0.727. The maximum absolute atomic E-state index is 12.9. The van der Waals surface area contributed by atoms with E-state index in [0.29, 0.717) is 19.3 Å². The van der Waals surface area contributed by atoms with Gasteiger partial charge in [-0.3, -0.25) is 14.4 Å². The fourth-order valence-electron chi connectivity index (χ4n) is 10.0. The van der Waals surface area contributed by atoms with Crippen LogP contribution >= 0.6 is 0 Å². The molecule has 0 fully saturated rings. The molecule has 83 heavy (non-hydrogen) atoms. The van der Waals surface area contributed by atoms with Crippen LogP contribution in [0.2, 0.25) is 0 Å². The third-order valence-electron chi connectivity index (χ3n) is 15.2. The third-order valence-corrected chi connectivity index (χ3v) is 15.2. The molecule has 1 atom stereocenters. The van der Waals surface area contributed by atoms with Gasteiger partial charge in [-0.1, -0.05) is 310 Å². The van der Waals surface area contributed by atoms with E-state index in [9.17, 15) is 14.4 Å². The maximum Gasteiger partial charge on any atom is 0.306 e. The Hall–Kier alpha value is -3.93. The van der Waals surface area contributed by atoms with Crippen molar-refractivity contribution in [3.8, 4) is 0 Å². The molecular formula is C77H132O6. The summed E-state index contributed by atoms with van der Waals surface area (Å²) in [6.07, 6.45) is 97.0. The molecule has 1 unspecified atom stereocenters. The molecule has 6 heteroatoms. The first-order valence-corrected chi connectivity index (χ1v) is 35.4. The largest absolute Gasteiger partial charge is 0.462 e. The molecule has 0 aliphatic heterocycles. The summed E-state index contributed by atoms with van der Waals surface area (Å²) in [4.78, 5) is 38.4. The molecule has 0 spiro atoms. The van der Waals surface area contributed by atoms with E-state index in [-0.39, 0.29) is 31.1 Å². The lowest BCUT2D eigenvalue weighted by Gasteiger charge is -2.18. The van der Waals surface area contributed by atoms with Crippen LogP contribution in [0, 0.1) is 0 Å². The van der Waals surface area contributed by atoms with E-state index in [0.717, 1.165) is 116 Å². The van der Waals surface area contributed by atoms with Gasteiger partial charge in [0.05, 0.1) is 0 Å². The number of esters is 3. The van der Waals surface area contributed by atoms with Crippen LogP contribution in [0.1, 0.15) is 342 Å². The molecule has 0 saturated carbocycles. The number of ether oxygens (including phenoxy) is 3. The molecule has 0 rings (SSSR count). The highest BCUT2D eigenvalue weighted by molar-refractivity contribution is 5.71. The van der Waals surface area contributed by atoms with Crippen molar-refractivity contribution in [1.82, 2.24) is 0 Å². The van der Waals surface area contributed by atoms with E-state index >= 15 is 0 Å². The highest BCUT2D eigenvalue weighted by atomic mass is 16.6. The van der Waals surface area contributed by atoms with Gasteiger partial charge in [-0.05, 0) is 122 Å². The highest BCUT2D eigenvalue weighted by Gasteiger charge is 2.19. The number of hydrogen-bond donors (Lipinski definition) is 0. The number of allylic oxidation sites excluding steroid dienone is 18. The second-order valence-electron chi connectivity index (χ2n) is 23.4. The predicted molar refractivity (Wildman–Crippen MR) is 362 cm³/mol. The molecule has 0 aromatic heterocycles. The Balaban J connectivity index is 4.20. The average Bonchev–Trinajstić information content (AvgIpc) is 3.49. The van der Waals surface area contributed by atoms with Crippen LogP contribution in [-0.4, -0.2) is 37.2 Å². The van der Waals surface area contributed by atoms with E-state index in [4.69, 9.17) is 14.2 Å². The lowest BCUT2D eigenvalue weighted by molar-refractivity contribution is -0.167. The Morgan fingerprint density at radius 1 is 0.253 bits per heavy atom. The molecule has 6 nitrogen and oxygen atoms in total. The number of unbranched alkanes of at least 4 members (excludes halogenated alkanes) is 35. The van der Waals surface area contributed by atoms with E-state index < -0.39 is 6.10 Å². The number of hydrogen-bond acceptors (Lipinski definition) is 6. The maximum atomic E-state index is 12.9. The molecule has 0 aromatic rings. The first kappa shape index (κ1) is 79.1. The van der Waals surface area contributed by atoms with Gasteiger partial charge in [-0.25, -0.2) is 0 Å². The van der Waals surface area contributed by atoms with Crippen molar-refractivity contribution < 1.29 is 28.6 Å². The summed E-state index contributed by atoms with van der Waals surface area (Å²) in [6, 6.07) is 0. The molecule has 0 N–H and O–H groups in total. The zero-order chi connectivity index (χ0) is 59.9. The summed E-state index contributed by atoms with van der Waals surface area (Å²) < 4.78 is 16.9. The first-order chi connectivity index (χ1) is 41.0. The highest BCUT2D eigenvalue weighted by Crippen LogP contribution is 2.17. The summed E-state index contributed by atoms with van der Waals surface area (Å²) in [7, 11) is 0. The zero-order valence-electron chi connectivity index (χ0n) is 54.7. The molecule has 0 aliphatic carbocycles. The van der Waals surface area contributed by atoms with Crippen molar-refractivity contribution in [3.05, 3.63) is 109 Å². The molecule has 0 aliphatic rings. The second-order valence-corrected chi connectivity index (χ2v) is 23.4. The molecule has 0 radical (unpaired) electrons. The van der Waals surface area contributed by atoms with Gasteiger partial charge >= 0.3 is 17.9 Å². The van der Waals surface area contributed by atoms with E-state index in [1.165, 1.54) is 186 Å². The predicted octanol–water partition coefficient (Wildman–Crippen LogP) is 24.6. The Bertz CT molecular complexity index is 1660. The molecule has 476 valence electrons. The molecule has 0 aromatic carbocycles. The Morgan fingerprint density at radius 2 is 0.470 bits per heavy atom. The van der Waals surface area contributed by atoms with Gasteiger partial charge in [0.15, 0.2) is 6.10 Å². The normalized spacial score (nSPS) is 12.8. The topological polar surface area (TPSA) is 78.9 Å². The molecular weight excluding hydrogens is 1020 g/mol. The van der Waals surface area contributed by atoms with Gasteiger partial charge < -0.3 is 14.2 Å². The van der Waals surface area contributed by atoms with Gasteiger partial charge in [0, 0.05) is 19.3 Å². The van der Waals surface area contributed by atoms with Crippen molar-refractivity contribution in [1.29, 1.82) is 0 Å². The molecule has 0 saturated heterocycles. The molecule has 0 heterocycles. The van der Waals surface area contributed by atoms with Gasteiger partial charge in [0.2, 0.25) is 0 Å². The monoisotopic (exact) mass is 1150 g/mol. The fourth-order valence-corrected chi connectivity index (χ4v) is 10.0. The standard InChI is InChI=1S/C77H132O6/c1-4-7-10-13-16-19-22-25-27-29-31-32-33-34-35-36-37-38-39-40-41-42-43-44-46-47-49-52-55-58-61-64-67-70-76(79)82-73-74(72-81-75(78)69-66-63-60-57-54-51-24-21-18-15-12-9-6-3)83-77(80)71-68-65-62-59-56-53-50-48-45-30-28-26-23-20-17-14-11-8-5-2/h7,9-10,12,16,18-19,21,25-28,31-32,34-35,51,54,74H,4-6,8,11,13-15,17,20,22-24,29-30,33,36-50,52-53,55-73H2,1-3H3/b10-7-,12-9-,19-16-,21-18-,27-25-,28-26-,32-31-,35-34-,54-51-. The van der Waals surface area contributed by atoms with Crippen LogP contribution in [0.3, 0.4) is 0 Å². The van der Waals surface area contributed by atoms with Crippen LogP contribution in [0.4, 0.5) is 0 Å². The van der Waals surface area contributed by atoms with Crippen molar-refractivity contribution >= 4 is 17.9 Å². The summed E-state index contributed by atoms with van der Waals surface area (Å²) >= 11 is 0. The quantitative estimate of drug-likeness (QED) is 0.0261. The molecule has 0 bridgehead atoms. The van der Waals surface area contributed by atoms with Crippen LogP contribution in [0.5, 0.6) is 0 Å². The van der Waals surface area contributed by atoms with E-state index in [1.807, 2.05) is 0 Å².